The number of likely N-dealkylation sites (N-methyl/N-ethyl adjacent to an activating group) is 1. The zero-order valence-electron chi connectivity index (χ0n) is 11.1. The molecule has 1 fully saturated rings. The lowest BCUT2D eigenvalue weighted by atomic mass is 10.1. The number of halogens is 3. The highest BCUT2D eigenvalue weighted by Gasteiger charge is 2.35. The first-order valence-corrected chi connectivity index (χ1v) is 6.12. The number of rotatable bonds is 3. The predicted octanol–water partition coefficient (Wildman–Crippen LogP) is 2.24. The van der Waals surface area contributed by atoms with Crippen molar-refractivity contribution in [3.63, 3.8) is 0 Å². The van der Waals surface area contributed by atoms with E-state index in [1.807, 2.05) is 0 Å². The fraction of sp³-hybridized carbons (Fsp3) is 0.417. The van der Waals surface area contributed by atoms with Gasteiger partial charge in [-0.25, -0.2) is 0 Å². The molecular formula is C12H12F3N3O3. The monoisotopic (exact) mass is 303 g/mol. The summed E-state index contributed by atoms with van der Waals surface area (Å²) in [5.74, 6) is -0.216. The summed E-state index contributed by atoms with van der Waals surface area (Å²) in [5, 5.41) is 11.0. The van der Waals surface area contributed by atoms with Crippen LogP contribution >= 0.6 is 0 Å². The SMILES string of the molecule is CCN1CN(c2ccc(C(F)(F)F)cc2[N+](=O)[O-])CC1=O. The Morgan fingerprint density at radius 3 is 2.52 bits per heavy atom. The van der Waals surface area contributed by atoms with E-state index in [2.05, 4.69) is 0 Å². The predicted molar refractivity (Wildman–Crippen MR) is 67.7 cm³/mol. The Labute approximate surface area is 117 Å². The van der Waals surface area contributed by atoms with Crippen LogP contribution in [0.15, 0.2) is 18.2 Å². The van der Waals surface area contributed by atoms with Gasteiger partial charge >= 0.3 is 6.18 Å². The summed E-state index contributed by atoms with van der Waals surface area (Å²) in [7, 11) is 0. The quantitative estimate of drug-likeness (QED) is 0.634. The minimum absolute atomic E-state index is 0.0114. The molecule has 0 atom stereocenters. The molecule has 1 aliphatic rings. The van der Waals surface area contributed by atoms with Crippen LogP contribution in [0.5, 0.6) is 0 Å². The standard InChI is InChI=1S/C12H12F3N3O3/c1-2-16-7-17(6-11(16)19)9-4-3-8(12(13,14)15)5-10(9)18(20)21/h3-5H,2,6-7H2,1H3. The number of nitro groups is 1. The topological polar surface area (TPSA) is 66.7 Å². The van der Waals surface area contributed by atoms with Gasteiger partial charge in [0.1, 0.15) is 5.69 Å². The second-order valence-corrected chi connectivity index (χ2v) is 4.55. The third-order valence-electron chi connectivity index (χ3n) is 3.24. The maximum Gasteiger partial charge on any atom is 0.416 e. The van der Waals surface area contributed by atoms with Crippen LogP contribution in [0.4, 0.5) is 24.5 Å². The molecule has 0 N–H and O–H groups in total. The zero-order chi connectivity index (χ0) is 15.8. The molecule has 1 heterocycles. The van der Waals surface area contributed by atoms with Crippen molar-refractivity contribution in [2.75, 3.05) is 24.7 Å². The first kappa shape index (κ1) is 15.1. The molecule has 1 aliphatic heterocycles. The molecule has 0 bridgehead atoms. The van der Waals surface area contributed by atoms with E-state index in [4.69, 9.17) is 0 Å². The second-order valence-electron chi connectivity index (χ2n) is 4.55. The lowest BCUT2D eigenvalue weighted by Gasteiger charge is -2.19. The van der Waals surface area contributed by atoms with Gasteiger partial charge < -0.3 is 9.80 Å². The molecular weight excluding hydrogens is 291 g/mol. The zero-order valence-corrected chi connectivity index (χ0v) is 11.1. The van der Waals surface area contributed by atoms with E-state index in [0.29, 0.717) is 12.6 Å². The number of carbonyl (C=O) groups is 1. The average molecular weight is 303 g/mol. The van der Waals surface area contributed by atoms with E-state index < -0.39 is 22.4 Å². The molecule has 1 aromatic rings. The minimum Gasteiger partial charge on any atom is -0.339 e. The average Bonchev–Trinajstić information content (AvgIpc) is 2.78. The number of nitrogens with zero attached hydrogens (tertiary/aromatic N) is 3. The van der Waals surface area contributed by atoms with E-state index >= 15 is 0 Å². The second kappa shape index (κ2) is 5.23. The van der Waals surface area contributed by atoms with Crippen LogP contribution in [0.2, 0.25) is 0 Å². The third kappa shape index (κ3) is 2.91. The Bertz CT molecular complexity index is 589. The Balaban J connectivity index is 2.41. The highest BCUT2D eigenvalue weighted by molar-refractivity contribution is 5.86. The van der Waals surface area contributed by atoms with E-state index in [9.17, 15) is 28.1 Å². The summed E-state index contributed by atoms with van der Waals surface area (Å²) in [6, 6.07) is 2.31. The molecule has 21 heavy (non-hydrogen) atoms. The van der Waals surface area contributed by atoms with Crippen LogP contribution in [0.25, 0.3) is 0 Å². The molecule has 0 unspecified atom stereocenters. The molecule has 0 spiro atoms. The van der Waals surface area contributed by atoms with E-state index in [0.717, 1.165) is 12.1 Å². The molecule has 1 amide bonds. The Morgan fingerprint density at radius 2 is 2.05 bits per heavy atom. The summed E-state index contributed by atoms with van der Waals surface area (Å²) in [6.45, 7) is 2.23. The molecule has 0 aliphatic carbocycles. The molecule has 0 radical (unpaired) electrons. The summed E-state index contributed by atoms with van der Waals surface area (Å²) < 4.78 is 37.9. The van der Waals surface area contributed by atoms with Crippen molar-refractivity contribution in [3.8, 4) is 0 Å². The normalized spacial score (nSPS) is 15.7. The number of anilines is 1. The Kier molecular flexibility index (Phi) is 3.75. The number of benzene rings is 1. The molecule has 6 nitrogen and oxygen atoms in total. The number of hydrogen-bond acceptors (Lipinski definition) is 4. The molecule has 0 aromatic heterocycles. The van der Waals surface area contributed by atoms with Crippen LogP contribution in [0, 0.1) is 10.1 Å². The van der Waals surface area contributed by atoms with Gasteiger partial charge in [-0.05, 0) is 19.1 Å². The van der Waals surface area contributed by atoms with Crippen LogP contribution < -0.4 is 4.90 Å². The van der Waals surface area contributed by atoms with Gasteiger partial charge in [0.05, 0.1) is 23.7 Å². The molecule has 2 rings (SSSR count). The van der Waals surface area contributed by atoms with Crippen LogP contribution in [-0.2, 0) is 11.0 Å². The summed E-state index contributed by atoms with van der Waals surface area (Å²) in [5.41, 5.74) is -1.73. The first-order chi connectivity index (χ1) is 9.74. The van der Waals surface area contributed by atoms with Gasteiger partial charge in [-0.1, -0.05) is 0 Å². The van der Waals surface area contributed by atoms with Gasteiger partial charge in [0.2, 0.25) is 5.91 Å². The maximum absolute atomic E-state index is 12.6. The van der Waals surface area contributed by atoms with Crippen molar-refractivity contribution in [1.29, 1.82) is 0 Å². The molecule has 1 aromatic carbocycles. The van der Waals surface area contributed by atoms with Crippen molar-refractivity contribution in [1.82, 2.24) is 4.90 Å². The first-order valence-electron chi connectivity index (χ1n) is 6.12. The Hall–Kier alpha value is -2.32. The maximum atomic E-state index is 12.6. The number of hydrogen-bond donors (Lipinski definition) is 0. The van der Waals surface area contributed by atoms with Gasteiger partial charge in [-0.15, -0.1) is 0 Å². The highest BCUT2D eigenvalue weighted by atomic mass is 19.4. The smallest absolute Gasteiger partial charge is 0.339 e. The Morgan fingerprint density at radius 1 is 1.38 bits per heavy atom. The number of alkyl halides is 3. The molecule has 114 valence electrons. The van der Waals surface area contributed by atoms with Crippen LogP contribution in [0.3, 0.4) is 0 Å². The van der Waals surface area contributed by atoms with E-state index in [1.165, 1.54) is 9.80 Å². The largest absolute Gasteiger partial charge is 0.416 e. The number of amides is 1. The van der Waals surface area contributed by atoms with Gasteiger partial charge in [-0.3, -0.25) is 14.9 Å². The van der Waals surface area contributed by atoms with Crippen molar-refractivity contribution in [3.05, 3.63) is 33.9 Å². The molecule has 9 heteroatoms. The lowest BCUT2D eigenvalue weighted by Crippen LogP contribution is -2.27. The van der Waals surface area contributed by atoms with Crippen LogP contribution in [0.1, 0.15) is 12.5 Å². The minimum atomic E-state index is -4.65. The van der Waals surface area contributed by atoms with Crippen LogP contribution in [-0.4, -0.2) is 35.5 Å². The van der Waals surface area contributed by atoms with Crippen molar-refractivity contribution in [2.24, 2.45) is 0 Å². The lowest BCUT2D eigenvalue weighted by molar-refractivity contribution is -0.384. The van der Waals surface area contributed by atoms with Gasteiger partial charge in [0, 0.05) is 12.6 Å². The fourth-order valence-corrected chi connectivity index (χ4v) is 2.15. The van der Waals surface area contributed by atoms with Gasteiger partial charge in [-0.2, -0.15) is 13.2 Å². The van der Waals surface area contributed by atoms with Crippen molar-refractivity contribution in [2.45, 2.75) is 13.1 Å². The third-order valence-corrected chi connectivity index (χ3v) is 3.24. The summed E-state index contributed by atoms with van der Waals surface area (Å²) in [6.07, 6.45) is -4.65. The number of nitro benzene ring substituents is 1. The van der Waals surface area contributed by atoms with Crippen molar-refractivity contribution >= 4 is 17.3 Å². The van der Waals surface area contributed by atoms with E-state index in [1.54, 1.807) is 6.92 Å². The fourth-order valence-electron chi connectivity index (χ4n) is 2.15. The number of carbonyl (C=O) groups excluding carboxylic acids is 1. The van der Waals surface area contributed by atoms with Gasteiger partial charge in [0.25, 0.3) is 5.69 Å². The highest BCUT2D eigenvalue weighted by Crippen LogP contribution is 2.37. The molecule has 0 saturated carbocycles. The summed E-state index contributed by atoms with van der Waals surface area (Å²) >= 11 is 0. The molecule has 1 saturated heterocycles. The summed E-state index contributed by atoms with van der Waals surface area (Å²) in [4.78, 5) is 24.6. The van der Waals surface area contributed by atoms with Gasteiger partial charge in [0.15, 0.2) is 0 Å². The van der Waals surface area contributed by atoms with Crippen molar-refractivity contribution < 1.29 is 22.9 Å². The van der Waals surface area contributed by atoms with E-state index in [-0.39, 0.29) is 24.8 Å².